The summed E-state index contributed by atoms with van der Waals surface area (Å²) in [6, 6.07) is -0.468. The first-order chi connectivity index (χ1) is 9.56. The van der Waals surface area contributed by atoms with Crippen molar-refractivity contribution in [2.24, 2.45) is 5.92 Å². The van der Waals surface area contributed by atoms with Gasteiger partial charge in [-0.25, -0.2) is 4.98 Å². The predicted molar refractivity (Wildman–Crippen MR) is 68.3 cm³/mol. The number of oxazole rings is 1. The number of aryl methyl sites for hydroxylation is 1. The SMILES string of the molecule is CCCN(C(=O)c1ocnc1C)C1COCC1C(=O)O. The minimum absolute atomic E-state index is 0.128. The van der Waals surface area contributed by atoms with E-state index in [1.807, 2.05) is 6.92 Å². The molecule has 0 spiro atoms. The second kappa shape index (κ2) is 6.04. The van der Waals surface area contributed by atoms with E-state index >= 15 is 0 Å². The molecule has 1 amide bonds. The molecule has 0 saturated carbocycles. The molecule has 1 N–H and O–H groups in total. The fraction of sp³-hybridized carbons (Fsp3) is 0.615. The second-order valence-corrected chi connectivity index (χ2v) is 4.81. The van der Waals surface area contributed by atoms with Gasteiger partial charge >= 0.3 is 5.97 Å². The van der Waals surface area contributed by atoms with Crippen molar-refractivity contribution in [2.45, 2.75) is 26.3 Å². The fourth-order valence-corrected chi connectivity index (χ4v) is 2.38. The van der Waals surface area contributed by atoms with Crippen molar-refractivity contribution >= 4 is 11.9 Å². The third-order valence-corrected chi connectivity index (χ3v) is 3.43. The number of ether oxygens (including phenoxy) is 1. The lowest BCUT2D eigenvalue weighted by molar-refractivity contribution is -0.142. The normalized spacial score (nSPS) is 21.9. The molecule has 1 aromatic rings. The molecule has 0 bridgehead atoms. The highest BCUT2D eigenvalue weighted by atomic mass is 16.5. The molecule has 0 radical (unpaired) electrons. The Bertz CT molecular complexity index is 499. The first-order valence-electron chi connectivity index (χ1n) is 6.57. The standard InChI is InChI=1S/C13H18N2O5/c1-3-4-15(10-6-19-5-9(10)13(17)18)12(16)11-8(2)14-7-20-11/h7,9-10H,3-6H2,1-2H3,(H,17,18). The summed E-state index contributed by atoms with van der Waals surface area (Å²) in [6.07, 6.45) is 1.94. The summed E-state index contributed by atoms with van der Waals surface area (Å²) in [5, 5.41) is 9.21. The van der Waals surface area contributed by atoms with E-state index in [2.05, 4.69) is 4.98 Å². The van der Waals surface area contributed by atoms with Crippen molar-refractivity contribution in [1.82, 2.24) is 9.88 Å². The number of hydrogen-bond acceptors (Lipinski definition) is 5. The Labute approximate surface area is 116 Å². The van der Waals surface area contributed by atoms with Crippen LogP contribution in [-0.2, 0) is 9.53 Å². The van der Waals surface area contributed by atoms with E-state index < -0.39 is 17.9 Å². The van der Waals surface area contributed by atoms with Crippen molar-refractivity contribution in [2.75, 3.05) is 19.8 Å². The fourth-order valence-electron chi connectivity index (χ4n) is 2.38. The first-order valence-corrected chi connectivity index (χ1v) is 6.57. The van der Waals surface area contributed by atoms with Crippen LogP contribution >= 0.6 is 0 Å². The molecule has 1 aliphatic rings. The Balaban J connectivity index is 2.24. The molecule has 7 nitrogen and oxygen atoms in total. The van der Waals surface area contributed by atoms with Gasteiger partial charge in [-0.3, -0.25) is 9.59 Å². The van der Waals surface area contributed by atoms with Gasteiger partial charge in [0, 0.05) is 6.54 Å². The minimum Gasteiger partial charge on any atom is -0.481 e. The molecular formula is C13H18N2O5. The largest absolute Gasteiger partial charge is 0.481 e. The number of aliphatic carboxylic acids is 1. The Morgan fingerprint density at radius 2 is 2.25 bits per heavy atom. The van der Waals surface area contributed by atoms with E-state index in [-0.39, 0.29) is 24.9 Å². The lowest BCUT2D eigenvalue weighted by Gasteiger charge is -2.29. The second-order valence-electron chi connectivity index (χ2n) is 4.81. The molecule has 2 unspecified atom stereocenters. The number of carboxylic acid groups (broad SMARTS) is 1. The van der Waals surface area contributed by atoms with Gasteiger partial charge in [0.1, 0.15) is 5.92 Å². The number of aromatic nitrogens is 1. The van der Waals surface area contributed by atoms with Gasteiger partial charge in [-0.15, -0.1) is 0 Å². The molecule has 20 heavy (non-hydrogen) atoms. The van der Waals surface area contributed by atoms with E-state index in [1.165, 1.54) is 11.3 Å². The van der Waals surface area contributed by atoms with Crippen LogP contribution in [0.1, 0.15) is 29.6 Å². The molecule has 1 fully saturated rings. The zero-order chi connectivity index (χ0) is 14.7. The van der Waals surface area contributed by atoms with Crippen LogP contribution in [0.3, 0.4) is 0 Å². The Kier molecular flexibility index (Phi) is 4.39. The quantitative estimate of drug-likeness (QED) is 0.863. The van der Waals surface area contributed by atoms with Crippen molar-refractivity contribution in [3.05, 3.63) is 17.8 Å². The molecule has 2 heterocycles. The van der Waals surface area contributed by atoms with Crippen molar-refractivity contribution in [1.29, 1.82) is 0 Å². The molecule has 1 saturated heterocycles. The summed E-state index contributed by atoms with van der Waals surface area (Å²) < 4.78 is 10.4. The van der Waals surface area contributed by atoms with E-state index in [9.17, 15) is 14.7 Å². The molecule has 110 valence electrons. The molecule has 2 atom stereocenters. The van der Waals surface area contributed by atoms with E-state index in [0.29, 0.717) is 12.2 Å². The summed E-state index contributed by atoms with van der Waals surface area (Å²) in [6.45, 7) is 4.43. The lowest BCUT2D eigenvalue weighted by Crippen LogP contribution is -2.47. The smallest absolute Gasteiger partial charge is 0.311 e. The van der Waals surface area contributed by atoms with E-state index in [0.717, 1.165) is 6.42 Å². The first kappa shape index (κ1) is 14.5. The average Bonchev–Trinajstić information content (AvgIpc) is 3.03. The number of carboxylic acids is 1. The number of amides is 1. The maximum absolute atomic E-state index is 12.5. The van der Waals surface area contributed by atoms with Crippen LogP contribution in [-0.4, -0.2) is 52.7 Å². The highest BCUT2D eigenvalue weighted by Gasteiger charge is 2.40. The molecular weight excluding hydrogens is 264 g/mol. The van der Waals surface area contributed by atoms with E-state index in [4.69, 9.17) is 9.15 Å². The molecule has 2 rings (SSSR count). The number of rotatable bonds is 5. The average molecular weight is 282 g/mol. The molecule has 7 heteroatoms. The maximum Gasteiger partial charge on any atom is 0.311 e. The minimum atomic E-state index is -0.948. The van der Waals surface area contributed by atoms with Crippen LogP contribution in [0.5, 0.6) is 0 Å². The summed E-state index contributed by atoms with van der Waals surface area (Å²) in [7, 11) is 0. The highest BCUT2D eigenvalue weighted by Crippen LogP contribution is 2.23. The van der Waals surface area contributed by atoms with Gasteiger partial charge in [-0.1, -0.05) is 6.92 Å². The van der Waals surface area contributed by atoms with Gasteiger partial charge in [0.05, 0.1) is 24.9 Å². The van der Waals surface area contributed by atoms with Crippen LogP contribution in [0.4, 0.5) is 0 Å². The highest BCUT2D eigenvalue weighted by molar-refractivity contribution is 5.93. The third kappa shape index (κ3) is 2.67. The van der Waals surface area contributed by atoms with Crippen molar-refractivity contribution in [3.63, 3.8) is 0 Å². The summed E-state index contributed by atoms with van der Waals surface area (Å²) in [5.74, 6) is -1.82. The predicted octanol–water partition coefficient (Wildman–Crippen LogP) is 0.935. The lowest BCUT2D eigenvalue weighted by atomic mass is 10.0. The van der Waals surface area contributed by atoms with Gasteiger partial charge in [-0.2, -0.15) is 0 Å². The number of nitrogens with zero attached hydrogens (tertiary/aromatic N) is 2. The number of carbonyl (C=O) groups is 2. The topological polar surface area (TPSA) is 92.9 Å². The van der Waals surface area contributed by atoms with Crippen LogP contribution in [0.2, 0.25) is 0 Å². The zero-order valence-corrected chi connectivity index (χ0v) is 11.5. The van der Waals surface area contributed by atoms with Gasteiger partial charge in [0.15, 0.2) is 6.39 Å². The maximum atomic E-state index is 12.5. The van der Waals surface area contributed by atoms with Crippen LogP contribution < -0.4 is 0 Å². The third-order valence-electron chi connectivity index (χ3n) is 3.43. The Morgan fingerprint density at radius 1 is 1.50 bits per heavy atom. The van der Waals surface area contributed by atoms with Crippen molar-refractivity contribution < 1.29 is 23.8 Å². The van der Waals surface area contributed by atoms with Crippen molar-refractivity contribution in [3.8, 4) is 0 Å². The summed E-state index contributed by atoms with van der Waals surface area (Å²) in [5.41, 5.74) is 0.502. The molecule has 1 aromatic heterocycles. The van der Waals surface area contributed by atoms with Crippen LogP contribution in [0.25, 0.3) is 0 Å². The number of hydrogen-bond donors (Lipinski definition) is 1. The van der Waals surface area contributed by atoms with Gasteiger partial charge < -0.3 is 19.2 Å². The van der Waals surface area contributed by atoms with Crippen LogP contribution in [0, 0.1) is 12.8 Å². The molecule has 0 aromatic carbocycles. The van der Waals surface area contributed by atoms with E-state index in [1.54, 1.807) is 6.92 Å². The van der Waals surface area contributed by atoms with Gasteiger partial charge in [0.25, 0.3) is 5.91 Å². The zero-order valence-electron chi connectivity index (χ0n) is 11.5. The Morgan fingerprint density at radius 3 is 2.80 bits per heavy atom. The summed E-state index contributed by atoms with van der Waals surface area (Å²) >= 11 is 0. The van der Waals surface area contributed by atoms with Gasteiger partial charge in [0.2, 0.25) is 5.76 Å². The van der Waals surface area contributed by atoms with Crippen LogP contribution in [0.15, 0.2) is 10.8 Å². The number of carbonyl (C=O) groups excluding carboxylic acids is 1. The van der Waals surface area contributed by atoms with Gasteiger partial charge in [-0.05, 0) is 13.3 Å². The monoisotopic (exact) mass is 282 g/mol. The summed E-state index contributed by atoms with van der Waals surface area (Å²) in [4.78, 5) is 29.2. The molecule has 0 aliphatic carbocycles. The Hall–Kier alpha value is -1.89. The molecule has 1 aliphatic heterocycles.